The summed E-state index contributed by atoms with van der Waals surface area (Å²) in [7, 11) is 0. The topological polar surface area (TPSA) is 29.3 Å². The molecule has 0 unspecified atom stereocenters. The van der Waals surface area contributed by atoms with E-state index in [-0.39, 0.29) is 0 Å². The van der Waals surface area contributed by atoms with Gasteiger partial charge < -0.3 is 10.6 Å². The number of halogens is 1. The number of nitrogen functional groups attached to an aromatic ring is 1. The number of unbranched alkanes of at least 4 members (excludes halogenated alkanes) is 1. The van der Waals surface area contributed by atoms with Crippen LogP contribution in [-0.4, -0.2) is 6.54 Å². The van der Waals surface area contributed by atoms with Gasteiger partial charge in [-0.1, -0.05) is 47.5 Å². The smallest absolute Gasteiger partial charge is 0.0645 e. The molecule has 0 radical (unpaired) electrons. The first-order chi connectivity index (χ1) is 9.22. The van der Waals surface area contributed by atoms with Gasteiger partial charge in [0.05, 0.1) is 11.4 Å². The molecular weight excluding hydrogens is 300 g/mol. The summed E-state index contributed by atoms with van der Waals surface area (Å²) in [4.78, 5) is 2.28. The van der Waals surface area contributed by atoms with E-state index in [9.17, 15) is 0 Å². The number of nitrogens with two attached hydrogens (primary N) is 1. The Morgan fingerprint density at radius 1 is 1.11 bits per heavy atom. The Morgan fingerprint density at radius 2 is 1.84 bits per heavy atom. The van der Waals surface area contributed by atoms with Crippen molar-refractivity contribution in [2.24, 2.45) is 0 Å². The molecule has 0 atom stereocenters. The summed E-state index contributed by atoms with van der Waals surface area (Å²) >= 11 is 3.46. The van der Waals surface area contributed by atoms with Crippen LogP contribution in [0.3, 0.4) is 0 Å². The monoisotopic (exact) mass is 318 g/mol. The molecule has 0 bridgehead atoms. The summed E-state index contributed by atoms with van der Waals surface area (Å²) in [5, 5.41) is 0. The number of anilines is 3. The SMILES string of the molecule is CCCCN(c1ccccc1)c1ccc(Br)cc1N. The molecule has 0 aromatic heterocycles. The van der Waals surface area contributed by atoms with Crippen LogP contribution in [0.25, 0.3) is 0 Å². The van der Waals surface area contributed by atoms with Crippen molar-refractivity contribution in [2.45, 2.75) is 19.8 Å². The molecule has 0 saturated carbocycles. The highest BCUT2D eigenvalue weighted by Crippen LogP contribution is 2.32. The normalized spacial score (nSPS) is 10.4. The highest BCUT2D eigenvalue weighted by atomic mass is 79.9. The molecular formula is C16H19BrN2. The van der Waals surface area contributed by atoms with Crippen LogP contribution in [0.15, 0.2) is 53.0 Å². The predicted molar refractivity (Wildman–Crippen MR) is 86.9 cm³/mol. The molecule has 0 aliphatic carbocycles. The molecule has 2 nitrogen and oxygen atoms in total. The van der Waals surface area contributed by atoms with E-state index in [0.717, 1.165) is 28.8 Å². The lowest BCUT2D eigenvalue weighted by Crippen LogP contribution is -2.19. The summed E-state index contributed by atoms with van der Waals surface area (Å²) in [6.45, 7) is 3.18. The molecule has 2 rings (SSSR count). The van der Waals surface area contributed by atoms with Gasteiger partial charge in [-0.3, -0.25) is 0 Å². The first kappa shape index (κ1) is 13.9. The van der Waals surface area contributed by atoms with Gasteiger partial charge in [0.15, 0.2) is 0 Å². The van der Waals surface area contributed by atoms with Gasteiger partial charge in [0, 0.05) is 16.7 Å². The minimum Gasteiger partial charge on any atom is -0.397 e. The largest absolute Gasteiger partial charge is 0.397 e. The van der Waals surface area contributed by atoms with Crippen molar-refractivity contribution in [3.63, 3.8) is 0 Å². The Balaban J connectivity index is 2.37. The Kier molecular flexibility index (Phi) is 4.86. The quantitative estimate of drug-likeness (QED) is 0.788. The number of hydrogen-bond donors (Lipinski definition) is 1. The van der Waals surface area contributed by atoms with Gasteiger partial charge in [-0.15, -0.1) is 0 Å². The molecule has 3 heteroatoms. The minimum atomic E-state index is 0.800. The van der Waals surface area contributed by atoms with E-state index in [1.165, 1.54) is 12.1 Å². The average Bonchev–Trinajstić information content (AvgIpc) is 2.42. The fraction of sp³-hybridized carbons (Fsp3) is 0.250. The van der Waals surface area contributed by atoms with Crippen molar-refractivity contribution >= 4 is 33.0 Å². The number of para-hydroxylation sites is 1. The molecule has 0 saturated heterocycles. The van der Waals surface area contributed by atoms with Gasteiger partial charge in [0.2, 0.25) is 0 Å². The molecule has 100 valence electrons. The molecule has 2 aromatic carbocycles. The van der Waals surface area contributed by atoms with Crippen molar-refractivity contribution in [2.75, 3.05) is 17.2 Å². The first-order valence-corrected chi connectivity index (χ1v) is 7.39. The lowest BCUT2D eigenvalue weighted by Gasteiger charge is -2.26. The standard InChI is InChI=1S/C16H19BrN2/c1-2-3-11-19(14-7-5-4-6-8-14)16-10-9-13(17)12-15(16)18/h4-10,12H,2-3,11,18H2,1H3. The number of rotatable bonds is 5. The predicted octanol–water partition coefficient (Wildman–Crippen LogP) is 4.97. The van der Waals surface area contributed by atoms with E-state index in [0.29, 0.717) is 0 Å². The first-order valence-electron chi connectivity index (χ1n) is 6.60. The second-order valence-corrected chi connectivity index (χ2v) is 5.46. The second-order valence-electron chi connectivity index (χ2n) is 4.54. The number of nitrogens with zero attached hydrogens (tertiary/aromatic N) is 1. The third-order valence-electron chi connectivity index (χ3n) is 3.08. The summed E-state index contributed by atoms with van der Waals surface area (Å²) in [5.74, 6) is 0. The molecule has 19 heavy (non-hydrogen) atoms. The zero-order valence-corrected chi connectivity index (χ0v) is 12.7. The van der Waals surface area contributed by atoms with Crippen LogP contribution >= 0.6 is 15.9 Å². The second kappa shape index (κ2) is 6.62. The Labute approximate surface area is 123 Å². The van der Waals surface area contributed by atoms with Crippen LogP contribution < -0.4 is 10.6 Å². The van der Waals surface area contributed by atoms with E-state index in [4.69, 9.17) is 5.73 Å². The minimum absolute atomic E-state index is 0.800. The lowest BCUT2D eigenvalue weighted by molar-refractivity contribution is 0.786. The van der Waals surface area contributed by atoms with Gasteiger partial charge in [-0.05, 0) is 36.8 Å². The van der Waals surface area contributed by atoms with Crippen molar-refractivity contribution < 1.29 is 0 Å². The van der Waals surface area contributed by atoms with E-state index in [1.807, 2.05) is 18.2 Å². The van der Waals surface area contributed by atoms with E-state index >= 15 is 0 Å². The van der Waals surface area contributed by atoms with Gasteiger partial charge in [0.1, 0.15) is 0 Å². The van der Waals surface area contributed by atoms with Crippen molar-refractivity contribution in [1.29, 1.82) is 0 Å². The summed E-state index contributed by atoms with van der Waals surface area (Å²) in [5.41, 5.74) is 9.22. The summed E-state index contributed by atoms with van der Waals surface area (Å²) in [6.07, 6.45) is 2.31. The molecule has 2 N–H and O–H groups in total. The Morgan fingerprint density at radius 3 is 2.47 bits per heavy atom. The van der Waals surface area contributed by atoms with Crippen LogP contribution in [0.2, 0.25) is 0 Å². The van der Waals surface area contributed by atoms with Crippen molar-refractivity contribution in [1.82, 2.24) is 0 Å². The van der Waals surface area contributed by atoms with Gasteiger partial charge >= 0.3 is 0 Å². The maximum Gasteiger partial charge on any atom is 0.0645 e. The molecule has 0 fully saturated rings. The molecule has 0 aliphatic rings. The third-order valence-corrected chi connectivity index (χ3v) is 3.58. The highest BCUT2D eigenvalue weighted by Gasteiger charge is 2.11. The molecule has 0 heterocycles. The van der Waals surface area contributed by atoms with Crippen LogP contribution in [0.1, 0.15) is 19.8 Å². The van der Waals surface area contributed by atoms with Crippen molar-refractivity contribution in [3.05, 3.63) is 53.0 Å². The van der Waals surface area contributed by atoms with Crippen LogP contribution in [0, 0.1) is 0 Å². The zero-order valence-electron chi connectivity index (χ0n) is 11.1. The molecule has 0 amide bonds. The van der Waals surface area contributed by atoms with Gasteiger partial charge in [0.25, 0.3) is 0 Å². The summed E-state index contributed by atoms with van der Waals surface area (Å²) in [6, 6.07) is 16.5. The summed E-state index contributed by atoms with van der Waals surface area (Å²) < 4.78 is 1.01. The number of hydrogen-bond acceptors (Lipinski definition) is 2. The maximum absolute atomic E-state index is 6.16. The molecule has 0 spiro atoms. The third kappa shape index (κ3) is 3.51. The van der Waals surface area contributed by atoms with Crippen LogP contribution in [-0.2, 0) is 0 Å². The fourth-order valence-electron chi connectivity index (χ4n) is 2.08. The average molecular weight is 319 g/mol. The molecule has 0 aliphatic heterocycles. The van der Waals surface area contributed by atoms with E-state index < -0.39 is 0 Å². The highest BCUT2D eigenvalue weighted by molar-refractivity contribution is 9.10. The lowest BCUT2D eigenvalue weighted by atomic mass is 10.2. The van der Waals surface area contributed by atoms with Gasteiger partial charge in [-0.25, -0.2) is 0 Å². The molecule has 2 aromatic rings. The number of benzene rings is 2. The van der Waals surface area contributed by atoms with Crippen LogP contribution in [0.5, 0.6) is 0 Å². The van der Waals surface area contributed by atoms with E-state index in [2.05, 4.69) is 58.1 Å². The Hall–Kier alpha value is -1.48. The van der Waals surface area contributed by atoms with Crippen molar-refractivity contribution in [3.8, 4) is 0 Å². The maximum atomic E-state index is 6.16. The Bertz CT molecular complexity index is 526. The fourth-order valence-corrected chi connectivity index (χ4v) is 2.46. The zero-order chi connectivity index (χ0) is 13.7. The van der Waals surface area contributed by atoms with E-state index in [1.54, 1.807) is 0 Å². The van der Waals surface area contributed by atoms with Gasteiger partial charge in [-0.2, -0.15) is 0 Å². The van der Waals surface area contributed by atoms with Crippen LogP contribution in [0.4, 0.5) is 17.1 Å².